The number of carbonyl (C=O) groups is 2. The number of hydrogen-bond donors (Lipinski definition) is 2. The zero-order valence-corrected chi connectivity index (χ0v) is 18.9. The maximum atomic E-state index is 14.3. The Labute approximate surface area is 193 Å². The summed E-state index contributed by atoms with van der Waals surface area (Å²) >= 11 is 0. The highest BCUT2D eigenvalue weighted by molar-refractivity contribution is 5.89. The monoisotopic (exact) mass is 448 g/mol. The molecule has 4 rings (SSSR count). The van der Waals surface area contributed by atoms with Crippen molar-refractivity contribution in [2.45, 2.75) is 50.9 Å². The van der Waals surface area contributed by atoms with Crippen molar-refractivity contribution in [2.24, 2.45) is 0 Å². The van der Waals surface area contributed by atoms with Crippen molar-refractivity contribution in [3.63, 3.8) is 0 Å². The molecule has 0 radical (unpaired) electrons. The molecule has 1 aliphatic rings. The topological polar surface area (TPSA) is 78.1 Å². The summed E-state index contributed by atoms with van der Waals surface area (Å²) in [5, 5.41) is 3.08. The van der Waals surface area contributed by atoms with E-state index in [4.69, 9.17) is 0 Å². The second kappa shape index (κ2) is 9.98. The average molecular weight is 449 g/mol. The first-order valence-corrected chi connectivity index (χ1v) is 11.3. The molecule has 1 aromatic heterocycles. The predicted molar refractivity (Wildman–Crippen MR) is 124 cm³/mol. The predicted octanol–water partition coefficient (Wildman–Crippen LogP) is 3.92. The van der Waals surface area contributed by atoms with E-state index >= 15 is 0 Å². The lowest BCUT2D eigenvalue weighted by atomic mass is 9.95. The van der Waals surface area contributed by atoms with Crippen LogP contribution in [0.25, 0.3) is 0 Å². The van der Waals surface area contributed by atoms with Crippen molar-refractivity contribution < 1.29 is 14.0 Å². The Morgan fingerprint density at radius 1 is 1.09 bits per heavy atom. The largest absolute Gasteiger partial charge is 0.351 e. The normalized spacial score (nSPS) is 19.0. The molecule has 0 aliphatic carbocycles. The van der Waals surface area contributed by atoms with Crippen LogP contribution in [-0.4, -0.2) is 45.4 Å². The molecule has 0 spiro atoms. The van der Waals surface area contributed by atoms with E-state index < -0.39 is 18.3 Å². The summed E-state index contributed by atoms with van der Waals surface area (Å²) in [4.78, 5) is 34.4. The van der Waals surface area contributed by atoms with E-state index in [9.17, 15) is 14.0 Å². The molecule has 3 unspecified atom stereocenters. The third-order valence-electron chi connectivity index (χ3n) is 6.12. The molecule has 1 aliphatic heterocycles. The van der Waals surface area contributed by atoms with Crippen LogP contribution in [0.4, 0.5) is 4.39 Å². The Morgan fingerprint density at radius 2 is 1.76 bits per heavy atom. The Bertz CT molecular complexity index is 1070. The molecule has 172 valence electrons. The summed E-state index contributed by atoms with van der Waals surface area (Å²) < 4.78 is 14.3. The van der Waals surface area contributed by atoms with Crippen molar-refractivity contribution in [3.05, 3.63) is 89.5 Å². The minimum absolute atomic E-state index is 0.00800. The highest BCUT2D eigenvalue weighted by atomic mass is 19.1. The van der Waals surface area contributed by atoms with Gasteiger partial charge in [0.1, 0.15) is 12.2 Å². The van der Waals surface area contributed by atoms with Crippen molar-refractivity contribution in [2.75, 3.05) is 6.54 Å². The van der Waals surface area contributed by atoms with Gasteiger partial charge in [0.15, 0.2) is 0 Å². The second-order valence-electron chi connectivity index (χ2n) is 8.81. The van der Waals surface area contributed by atoms with Crippen LogP contribution < -0.4 is 5.32 Å². The van der Waals surface area contributed by atoms with Gasteiger partial charge in [-0.15, -0.1) is 0 Å². The van der Waals surface area contributed by atoms with Crippen LogP contribution in [-0.2, 0) is 16.0 Å². The molecule has 0 bridgehead atoms. The number of imidazole rings is 1. The van der Waals surface area contributed by atoms with Gasteiger partial charge in [-0.05, 0) is 22.6 Å². The number of aromatic amines is 1. The number of benzene rings is 2. The van der Waals surface area contributed by atoms with Gasteiger partial charge < -0.3 is 15.2 Å². The molecule has 33 heavy (non-hydrogen) atoms. The standard InChI is InChI=1S/C26H29FN4O2/c1-17(2)18-8-10-20(11-9-18)25(19-6-4-3-5-7-19)30-26(33)23-12-21(27)15-31(23)24(32)13-22-14-28-16-29-22/h3-11,14,16-17,21,23,25H,12-13,15H2,1-2H3,(H,28,29)(H,30,33). The summed E-state index contributed by atoms with van der Waals surface area (Å²) in [6, 6.07) is 16.6. The van der Waals surface area contributed by atoms with E-state index in [1.165, 1.54) is 16.8 Å². The molecule has 2 amide bonds. The van der Waals surface area contributed by atoms with E-state index in [0.717, 1.165) is 11.1 Å². The Morgan fingerprint density at radius 3 is 2.39 bits per heavy atom. The minimum atomic E-state index is -1.23. The number of rotatable bonds is 7. The molecule has 0 saturated carbocycles. The molecule has 7 heteroatoms. The van der Waals surface area contributed by atoms with Crippen molar-refractivity contribution in [3.8, 4) is 0 Å². The summed E-state index contributed by atoms with van der Waals surface area (Å²) in [6.45, 7) is 4.18. The van der Waals surface area contributed by atoms with E-state index in [1.54, 1.807) is 6.20 Å². The van der Waals surface area contributed by atoms with E-state index in [2.05, 4.69) is 41.3 Å². The fraction of sp³-hybridized carbons (Fsp3) is 0.346. The van der Waals surface area contributed by atoms with Crippen LogP contribution in [0.1, 0.15) is 54.6 Å². The molecule has 1 fully saturated rings. The van der Waals surface area contributed by atoms with Crippen LogP contribution in [0, 0.1) is 0 Å². The van der Waals surface area contributed by atoms with E-state index in [0.29, 0.717) is 11.6 Å². The lowest BCUT2D eigenvalue weighted by Gasteiger charge is -2.27. The Kier molecular flexibility index (Phi) is 6.87. The molecule has 3 aromatic rings. The lowest BCUT2D eigenvalue weighted by molar-refractivity contribution is -0.138. The summed E-state index contributed by atoms with van der Waals surface area (Å²) in [7, 11) is 0. The molecule has 1 saturated heterocycles. The van der Waals surface area contributed by atoms with Gasteiger partial charge in [0.2, 0.25) is 11.8 Å². The highest BCUT2D eigenvalue weighted by Crippen LogP contribution is 2.27. The number of alkyl halides is 1. The summed E-state index contributed by atoms with van der Waals surface area (Å²) in [5.74, 6) is -0.259. The van der Waals surface area contributed by atoms with Crippen molar-refractivity contribution in [1.82, 2.24) is 20.2 Å². The number of aromatic nitrogens is 2. The van der Waals surface area contributed by atoms with Crippen LogP contribution >= 0.6 is 0 Å². The number of carbonyl (C=O) groups excluding carboxylic acids is 2. The van der Waals surface area contributed by atoms with Gasteiger partial charge in [-0.2, -0.15) is 0 Å². The first kappa shape index (κ1) is 22.7. The average Bonchev–Trinajstić information content (AvgIpc) is 3.47. The molecular weight excluding hydrogens is 419 g/mol. The summed E-state index contributed by atoms with van der Waals surface area (Å²) in [6.07, 6.45) is 1.90. The third kappa shape index (κ3) is 5.30. The Balaban J connectivity index is 1.56. The molecule has 2 heterocycles. The quantitative estimate of drug-likeness (QED) is 0.575. The number of likely N-dealkylation sites (tertiary alicyclic amines) is 1. The van der Waals surface area contributed by atoms with Gasteiger partial charge in [0.05, 0.1) is 31.0 Å². The SMILES string of the molecule is CC(C)c1ccc(C(NC(=O)C2CC(F)CN2C(=O)Cc2c[nH]cn2)c2ccccc2)cc1. The first-order valence-electron chi connectivity index (χ1n) is 11.3. The summed E-state index contributed by atoms with van der Waals surface area (Å²) in [5.41, 5.74) is 3.63. The number of hydrogen-bond acceptors (Lipinski definition) is 3. The van der Waals surface area contributed by atoms with Gasteiger partial charge >= 0.3 is 0 Å². The lowest BCUT2D eigenvalue weighted by Crippen LogP contribution is -2.47. The number of nitrogens with zero attached hydrogens (tertiary/aromatic N) is 2. The fourth-order valence-electron chi connectivity index (χ4n) is 4.27. The van der Waals surface area contributed by atoms with Gasteiger partial charge in [-0.1, -0.05) is 68.4 Å². The van der Waals surface area contributed by atoms with Crippen LogP contribution in [0.2, 0.25) is 0 Å². The number of H-pyrrole nitrogens is 1. The Hall–Kier alpha value is -3.48. The zero-order valence-electron chi connectivity index (χ0n) is 18.9. The number of nitrogens with one attached hydrogen (secondary N) is 2. The van der Waals surface area contributed by atoms with Crippen molar-refractivity contribution >= 4 is 11.8 Å². The first-order chi connectivity index (χ1) is 15.9. The molecule has 2 aromatic carbocycles. The van der Waals surface area contributed by atoms with E-state index in [-0.39, 0.29) is 31.2 Å². The van der Waals surface area contributed by atoms with Crippen LogP contribution in [0.3, 0.4) is 0 Å². The zero-order chi connectivity index (χ0) is 23.4. The van der Waals surface area contributed by atoms with Gasteiger partial charge in [0, 0.05) is 12.6 Å². The molecular formula is C26H29FN4O2. The van der Waals surface area contributed by atoms with Crippen molar-refractivity contribution in [1.29, 1.82) is 0 Å². The molecule has 3 atom stereocenters. The number of amides is 2. The van der Waals surface area contributed by atoms with E-state index in [1.807, 2.05) is 42.5 Å². The molecule has 6 nitrogen and oxygen atoms in total. The van der Waals surface area contributed by atoms with Gasteiger partial charge in [-0.3, -0.25) is 9.59 Å². The number of halogens is 1. The maximum absolute atomic E-state index is 14.3. The fourth-order valence-corrected chi connectivity index (χ4v) is 4.27. The van der Waals surface area contributed by atoms with Crippen LogP contribution in [0.5, 0.6) is 0 Å². The second-order valence-corrected chi connectivity index (χ2v) is 8.81. The molecule has 2 N–H and O–H groups in total. The smallest absolute Gasteiger partial charge is 0.243 e. The van der Waals surface area contributed by atoms with Crippen LogP contribution in [0.15, 0.2) is 67.1 Å². The minimum Gasteiger partial charge on any atom is -0.351 e. The maximum Gasteiger partial charge on any atom is 0.243 e. The van der Waals surface area contributed by atoms with Gasteiger partial charge in [-0.25, -0.2) is 9.37 Å². The third-order valence-corrected chi connectivity index (χ3v) is 6.12. The van der Waals surface area contributed by atoms with Gasteiger partial charge in [0.25, 0.3) is 0 Å². The highest BCUT2D eigenvalue weighted by Gasteiger charge is 2.40.